The van der Waals surface area contributed by atoms with Crippen molar-refractivity contribution in [1.82, 2.24) is 4.90 Å². The van der Waals surface area contributed by atoms with Gasteiger partial charge in [0.05, 0.1) is 25.9 Å². The molecule has 0 bridgehead atoms. The Balaban J connectivity index is 1.65. The van der Waals surface area contributed by atoms with Crippen LogP contribution in [0.25, 0.3) is 0 Å². The first-order chi connectivity index (χ1) is 10.2. The number of methoxy groups -OCH3 is 1. The van der Waals surface area contributed by atoms with Crippen molar-refractivity contribution in [3.05, 3.63) is 29.6 Å². The molecular weight excluding hydrogens is 273 g/mol. The molecule has 2 aliphatic heterocycles. The molecular formula is C16H22FNO3. The van der Waals surface area contributed by atoms with Crippen molar-refractivity contribution >= 4 is 0 Å². The molecule has 4 nitrogen and oxygen atoms in total. The first kappa shape index (κ1) is 14.8. The van der Waals surface area contributed by atoms with Gasteiger partial charge < -0.3 is 14.6 Å². The van der Waals surface area contributed by atoms with Gasteiger partial charge in [-0.05, 0) is 31.0 Å². The summed E-state index contributed by atoms with van der Waals surface area (Å²) in [6.45, 7) is 2.48. The molecule has 2 fully saturated rings. The van der Waals surface area contributed by atoms with Crippen molar-refractivity contribution in [3.63, 3.8) is 0 Å². The molecule has 3 atom stereocenters. The third-order valence-electron chi connectivity index (χ3n) is 4.54. The summed E-state index contributed by atoms with van der Waals surface area (Å²) in [6, 6.07) is 5.50. The van der Waals surface area contributed by atoms with Crippen molar-refractivity contribution in [2.24, 2.45) is 0 Å². The number of aliphatic hydroxyl groups is 1. The highest BCUT2D eigenvalue weighted by molar-refractivity contribution is 5.31. The molecule has 5 heteroatoms. The van der Waals surface area contributed by atoms with Crippen LogP contribution in [0.15, 0.2) is 18.2 Å². The zero-order valence-corrected chi connectivity index (χ0v) is 12.3. The smallest absolute Gasteiger partial charge is 0.168 e. The fraction of sp³-hybridized carbons (Fsp3) is 0.625. The first-order valence-corrected chi connectivity index (χ1v) is 7.54. The van der Waals surface area contributed by atoms with Gasteiger partial charge in [-0.15, -0.1) is 0 Å². The molecule has 21 heavy (non-hydrogen) atoms. The highest BCUT2D eigenvalue weighted by Gasteiger charge is 2.35. The number of aliphatic hydroxyl groups excluding tert-OH is 1. The number of morpholine rings is 1. The van der Waals surface area contributed by atoms with Gasteiger partial charge in [0.25, 0.3) is 0 Å². The molecule has 0 aliphatic carbocycles. The number of fused-ring (bicyclic) bond motifs is 1. The van der Waals surface area contributed by atoms with Crippen LogP contribution < -0.4 is 4.74 Å². The number of hydrogen-bond acceptors (Lipinski definition) is 4. The van der Waals surface area contributed by atoms with E-state index in [2.05, 4.69) is 4.90 Å². The summed E-state index contributed by atoms with van der Waals surface area (Å²) in [5.74, 6) is -0.183. The molecule has 116 valence electrons. The zero-order chi connectivity index (χ0) is 14.8. The quantitative estimate of drug-likeness (QED) is 0.916. The van der Waals surface area contributed by atoms with Crippen LogP contribution in [0.2, 0.25) is 0 Å². The van der Waals surface area contributed by atoms with Crippen LogP contribution in [0, 0.1) is 5.82 Å². The minimum absolute atomic E-state index is 0.212. The second-order valence-corrected chi connectivity index (χ2v) is 5.87. The van der Waals surface area contributed by atoms with Gasteiger partial charge in [0.1, 0.15) is 0 Å². The Bertz CT molecular complexity index is 496. The van der Waals surface area contributed by atoms with Gasteiger partial charge in [-0.1, -0.05) is 12.1 Å². The van der Waals surface area contributed by atoms with Gasteiger partial charge in [-0.3, -0.25) is 4.90 Å². The summed E-state index contributed by atoms with van der Waals surface area (Å²) < 4.78 is 24.9. The number of benzene rings is 1. The number of ether oxygens (including phenoxy) is 2. The Labute approximate surface area is 124 Å². The van der Waals surface area contributed by atoms with Gasteiger partial charge >= 0.3 is 0 Å². The number of nitrogens with zero attached hydrogens (tertiary/aromatic N) is 1. The lowest BCUT2D eigenvalue weighted by Gasteiger charge is -2.37. The lowest BCUT2D eigenvalue weighted by molar-refractivity contribution is -0.101. The summed E-state index contributed by atoms with van der Waals surface area (Å²) in [4.78, 5) is 2.37. The van der Waals surface area contributed by atoms with Crippen molar-refractivity contribution in [3.8, 4) is 5.75 Å². The average molecular weight is 295 g/mol. The predicted octanol–water partition coefficient (Wildman–Crippen LogP) is 1.60. The minimum Gasteiger partial charge on any atom is -0.494 e. The first-order valence-electron chi connectivity index (χ1n) is 7.54. The van der Waals surface area contributed by atoms with Crippen molar-refractivity contribution in [2.75, 3.05) is 26.8 Å². The maximum Gasteiger partial charge on any atom is 0.168 e. The molecule has 2 aliphatic rings. The van der Waals surface area contributed by atoms with E-state index in [1.165, 1.54) is 20.0 Å². The van der Waals surface area contributed by atoms with Gasteiger partial charge in [-0.25, -0.2) is 4.39 Å². The summed E-state index contributed by atoms with van der Waals surface area (Å²) in [7, 11) is 1.44. The molecule has 3 rings (SSSR count). The Morgan fingerprint density at radius 2 is 2.38 bits per heavy atom. The fourth-order valence-corrected chi connectivity index (χ4v) is 3.30. The van der Waals surface area contributed by atoms with Gasteiger partial charge in [0.15, 0.2) is 11.6 Å². The standard InChI is InChI=1S/C16H22FNO3/c1-20-14-6-2-4-11(16(14)17)8-13(19)15-9-18-7-3-5-12(18)10-21-15/h2,4,6,12-13,15,19H,3,5,7-10H2,1H3. The van der Waals surface area contributed by atoms with Crippen LogP contribution in [0.4, 0.5) is 4.39 Å². The molecule has 1 aromatic carbocycles. The van der Waals surface area contributed by atoms with E-state index in [1.807, 2.05) is 0 Å². The molecule has 0 spiro atoms. The van der Waals surface area contributed by atoms with Gasteiger partial charge in [0, 0.05) is 19.0 Å². The van der Waals surface area contributed by atoms with Crippen LogP contribution in [0.5, 0.6) is 5.75 Å². The summed E-state index contributed by atoms with van der Waals surface area (Å²) in [5.41, 5.74) is 0.467. The minimum atomic E-state index is -0.701. The van der Waals surface area contributed by atoms with E-state index in [0.29, 0.717) is 18.2 Å². The van der Waals surface area contributed by atoms with E-state index in [9.17, 15) is 9.50 Å². The fourth-order valence-electron chi connectivity index (χ4n) is 3.30. The van der Waals surface area contributed by atoms with E-state index in [4.69, 9.17) is 9.47 Å². The van der Waals surface area contributed by atoms with E-state index in [1.54, 1.807) is 18.2 Å². The SMILES string of the molecule is COc1cccc(CC(O)C2CN3CCCC3CO2)c1F. The van der Waals surface area contributed by atoms with Crippen LogP contribution in [0.1, 0.15) is 18.4 Å². The van der Waals surface area contributed by atoms with Gasteiger partial charge in [0.2, 0.25) is 0 Å². The maximum atomic E-state index is 14.1. The monoisotopic (exact) mass is 295 g/mol. The lowest BCUT2D eigenvalue weighted by Crippen LogP contribution is -2.50. The highest BCUT2D eigenvalue weighted by Crippen LogP contribution is 2.26. The molecule has 2 saturated heterocycles. The molecule has 1 N–H and O–H groups in total. The molecule has 0 aromatic heterocycles. The van der Waals surface area contributed by atoms with Crippen LogP contribution in [-0.2, 0) is 11.2 Å². The van der Waals surface area contributed by atoms with Crippen LogP contribution in [0.3, 0.4) is 0 Å². The summed E-state index contributed by atoms with van der Waals surface area (Å²) >= 11 is 0. The maximum absolute atomic E-state index is 14.1. The Morgan fingerprint density at radius 1 is 1.52 bits per heavy atom. The van der Waals surface area contributed by atoms with Crippen LogP contribution >= 0.6 is 0 Å². The number of halogens is 1. The van der Waals surface area contributed by atoms with Crippen molar-refractivity contribution in [1.29, 1.82) is 0 Å². The number of hydrogen-bond donors (Lipinski definition) is 1. The van der Waals surface area contributed by atoms with E-state index in [-0.39, 0.29) is 18.3 Å². The normalized spacial score (nSPS) is 27.4. The summed E-state index contributed by atoms with van der Waals surface area (Å²) in [5, 5.41) is 10.4. The molecule has 3 unspecified atom stereocenters. The van der Waals surface area contributed by atoms with Crippen molar-refractivity contribution < 1.29 is 19.0 Å². The third-order valence-corrected chi connectivity index (χ3v) is 4.54. The van der Waals surface area contributed by atoms with Crippen molar-refractivity contribution in [2.45, 2.75) is 37.5 Å². The zero-order valence-electron chi connectivity index (χ0n) is 12.3. The van der Waals surface area contributed by atoms with E-state index >= 15 is 0 Å². The molecule has 1 aromatic rings. The molecule has 2 heterocycles. The van der Waals surface area contributed by atoms with E-state index < -0.39 is 11.9 Å². The predicted molar refractivity (Wildman–Crippen MR) is 77.0 cm³/mol. The Kier molecular flexibility index (Phi) is 4.42. The molecule has 0 amide bonds. The topological polar surface area (TPSA) is 41.9 Å². The largest absolute Gasteiger partial charge is 0.494 e. The Morgan fingerprint density at radius 3 is 3.19 bits per heavy atom. The summed E-state index contributed by atoms with van der Waals surface area (Å²) in [6.07, 6.45) is 1.67. The van der Waals surface area contributed by atoms with E-state index in [0.717, 1.165) is 13.1 Å². The highest BCUT2D eigenvalue weighted by atomic mass is 19.1. The number of rotatable bonds is 4. The van der Waals surface area contributed by atoms with Gasteiger partial charge in [-0.2, -0.15) is 0 Å². The average Bonchev–Trinajstić information content (AvgIpc) is 2.96. The second kappa shape index (κ2) is 6.30. The molecule has 0 saturated carbocycles. The third kappa shape index (κ3) is 3.05. The Hall–Kier alpha value is -1.17. The van der Waals surface area contributed by atoms with Crippen LogP contribution in [-0.4, -0.2) is 55.1 Å². The molecule has 0 radical (unpaired) electrons. The second-order valence-electron chi connectivity index (χ2n) is 5.87. The lowest BCUT2D eigenvalue weighted by atomic mass is 10.0.